The molecule has 0 saturated heterocycles. The molecular formula is C10H16BrNS. The first kappa shape index (κ1) is 11.2. The van der Waals surface area contributed by atoms with E-state index in [1.54, 1.807) is 0 Å². The fraction of sp³-hybridized carbons (Fsp3) is 0.600. The third-order valence-corrected chi connectivity index (χ3v) is 3.71. The molecule has 1 nitrogen and oxygen atoms in total. The van der Waals surface area contributed by atoms with E-state index in [0.717, 1.165) is 13.0 Å². The van der Waals surface area contributed by atoms with Crippen LogP contribution in [0.4, 0.5) is 0 Å². The summed E-state index contributed by atoms with van der Waals surface area (Å²) < 4.78 is 1.23. The van der Waals surface area contributed by atoms with Crippen LogP contribution in [0.1, 0.15) is 25.1 Å². The smallest absolute Gasteiger partial charge is 0.0701 e. The van der Waals surface area contributed by atoms with Gasteiger partial charge in [0, 0.05) is 10.9 Å². The Morgan fingerprint density at radius 1 is 1.46 bits per heavy atom. The number of thiophene rings is 1. The molecule has 1 heterocycles. The molecule has 1 aromatic rings. The van der Waals surface area contributed by atoms with E-state index in [1.165, 1.54) is 15.1 Å². The Kier molecular flexibility index (Phi) is 4.99. The molecule has 1 unspecified atom stereocenters. The Morgan fingerprint density at radius 2 is 2.23 bits per heavy atom. The van der Waals surface area contributed by atoms with Crippen molar-refractivity contribution in [2.24, 2.45) is 0 Å². The van der Waals surface area contributed by atoms with Gasteiger partial charge in [0.25, 0.3) is 0 Å². The number of hydrogen-bond donors (Lipinski definition) is 1. The van der Waals surface area contributed by atoms with Gasteiger partial charge in [-0.3, -0.25) is 0 Å². The van der Waals surface area contributed by atoms with Gasteiger partial charge in [0.2, 0.25) is 0 Å². The van der Waals surface area contributed by atoms with Crippen LogP contribution in [0.25, 0.3) is 0 Å². The third kappa shape index (κ3) is 3.79. The molecule has 1 aromatic heterocycles. The van der Waals surface area contributed by atoms with Crippen molar-refractivity contribution in [1.82, 2.24) is 5.32 Å². The second kappa shape index (κ2) is 5.78. The minimum Gasteiger partial charge on any atom is -0.314 e. The fourth-order valence-corrected chi connectivity index (χ4v) is 2.92. The van der Waals surface area contributed by atoms with Gasteiger partial charge in [-0.2, -0.15) is 0 Å². The lowest BCUT2D eigenvalue weighted by atomic mass is 10.1. The number of hydrogen-bond acceptors (Lipinski definition) is 2. The van der Waals surface area contributed by atoms with Gasteiger partial charge in [-0.15, -0.1) is 11.3 Å². The Bertz CT molecular complexity index is 247. The number of nitrogens with one attached hydrogen (secondary N) is 1. The fourth-order valence-electron chi connectivity index (χ4n) is 1.35. The van der Waals surface area contributed by atoms with Gasteiger partial charge in [-0.05, 0) is 47.4 Å². The van der Waals surface area contributed by atoms with Crippen LogP contribution < -0.4 is 5.32 Å². The molecule has 0 bridgehead atoms. The Hall–Kier alpha value is 0.140. The van der Waals surface area contributed by atoms with Crippen molar-refractivity contribution in [3.05, 3.63) is 20.8 Å². The third-order valence-electron chi connectivity index (χ3n) is 2.06. The predicted molar refractivity (Wildman–Crippen MR) is 63.5 cm³/mol. The molecule has 1 atom stereocenters. The van der Waals surface area contributed by atoms with Crippen LogP contribution in [0, 0.1) is 0 Å². The predicted octanol–water partition coefficient (Wildman–Crippen LogP) is 3.44. The summed E-state index contributed by atoms with van der Waals surface area (Å²) in [5, 5.41) is 3.48. The van der Waals surface area contributed by atoms with E-state index in [-0.39, 0.29) is 0 Å². The molecule has 0 amide bonds. The first-order valence-corrected chi connectivity index (χ1v) is 6.34. The maximum atomic E-state index is 3.48. The molecule has 0 aliphatic heterocycles. The summed E-state index contributed by atoms with van der Waals surface area (Å²) in [6.45, 7) is 5.45. The molecule has 1 rings (SSSR count). The summed E-state index contributed by atoms with van der Waals surface area (Å²) in [4.78, 5) is 1.46. The zero-order valence-corrected chi connectivity index (χ0v) is 10.5. The van der Waals surface area contributed by atoms with E-state index in [2.05, 4.69) is 47.2 Å². The minimum atomic E-state index is 0.635. The van der Waals surface area contributed by atoms with Crippen LogP contribution in [0.2, 0.25) is 0 Å². The van der Waals surface area contributed by atoms with E-state index in [4.69, 9.17) is 0 Å². The summed E-state index contributed by atoms with van der Waals surface area (Å²) in [6.07, 6.45) is 2.35. The molecule has 0 spiro atoms. The highest BCUT2D eigenvalue weighted by molar-refractivity contribution is 9.11. The van der Waals surface area contributed by atoms with E-state index in [0.29, 0.717) is 6.04 Å². The summed E-state index contributed by atoms with van der Waals surface area (Å²) >= 11 is 5.32. The average molecular weight is 262 g/mol. The number of rotatable bonds is 5. The largest absolute Gasteiger partial charge is 0.314 e. The standard InChI is InChI=1S/C10H16BrNS/c1-3-8(12-4-2)7-9-5-6-10(11)13-9/h5-6,8,12H,3-4,7H2,1-2H3. The SMILES string of the molecule is CCNC(CC)Cc1ccc(Br)s1. The molecular weight excluding hydrogens is 246 g/mol. The van der Waals surface area contributed by atoms with Crippen LogP contribution >= 0.6 is 27.3 Å². The normalized spacial score (nSPS) is 13.2. The first-order chi connectivity index (χ1) is 6.26. The zero-order valence-electron chi connectivity index (χ0n) is 8.14. The van der Waals surface area contributed by atoms with Gasteiger partial charge >= 0.3 is 0 Å². The van der Waals surface area contributed by atoms with Crippen molar-refractivity contribution < 1.29 is 0 Å². The Labute approximate surface area is 92.7 Å². The van der Waals surface area contributed by atoms with Gasteiger partial charge in [-0.25, -0.2) is 0 Å². The van der Waals surface area contributed by atoms with Crippen molar-refractivity contribution in [2.45, 2.75) is 32.7 Å². The highest BCUT2D eigenvalue weighted by Gasteiger charge is 2.06. The second-order valence-electron chi connectivity index (χ2n) is 3.07. The highest BCUT2D eigenvalue weighted by Crippen LogP contribution is 2.23. The van der Waals surface area contributed by atoms with Crippen molar-refractivity contribution in [3.8, 4) is 0 Å². The van der Waals surface area contributed by atoms with E-state index >= 15 is 0 Å². The highest BCUT2D eigenvalue weighted by atomic mass is 79.9. The zero-order chi connectivity index (χ0) is 9.68. The maximum Gasteiger partial charge on any atom is 0.0701 e. The van der Waals surface area contributed by atoms with Crippen molar-refractivity contribution in [3.63, 3.8) is 0 Å². The molecule has 0 radical (unpaired) electrons. The number of likely N-dealkylation sites (N-methyl/N-ethyl adjacent to an activating group) is 1. The van der Waals surface area contributed by atoms with Gasteiger partial charge in [0.05, 0.1) is 3.79 Å². The molecule has 0 aliphatic rings. The van der Waals surface area contributed by atoms with E-state index in [1.807, 2.05) is 11.3 Å². The molecule has 13 heavy (non-hydrogen) atoms. The van der Waals surface area contributed by atoms with E-state index in [9.17, 15) is 0 Å². The quantitative estimate of drug-likeness (QED) is 0.857. The minimum absolute atomic E-state index is 0.635. The van der Waals surface area contributed by atoms with Gasteiger partial charge in [0.1, 0.15) is 0 Å². The van der Waals surface area contributed by atoms with Crippen LogP contribution in [-0.2, 0) is 6.42 Å². The van der Waals surface area contributed by atoms with E-state index < -0.39 is 0 Å². The first-order valence-electron chi connectivity index (χ1n) is 4.73. The van der Waals surface area contributed by atoms with Gasteiger partial charge in [0.15, 0.2) is 0 Å². The van der Waals surface area contributed by atoms with Crippen molar-refractivity contribution in [1.29, 1.82) is 0 Å². The van der Waals surface area contributed by atoms with Crippen LogP contribution in [-0.4, -0.2) is 12.6 Å². The summed E-state index contributed by atoms with van der Waals surface area (Å²) in [5.74, 6) is 0. The lowest BCUT2D eigenvalue weighted by molar-refractivity contribution is 0.513. The van der Waals surface area contributed by atoms with Gasteiger partial charge in [-0.1, -0.05) is 13.8 Å². The van der Waals surface area contributed by atoms with Gasteiger partial charge < -0.3 is 5.32 Å². The lowest BCUT2D eigenvalue weighted by Gasteiger charge is -2.13. The van der Waals surface area contributed by atoms with Crippen molar-refractivity contribution in [2.75, 3.05) is 6.54 Å². The Balaban J connectivity index is 2.46. The lowest BCUT2D eigenvalue weighted by Crippen LogP contribution is -2.29. The van der Waals surface area contributed by atoms with Crippen LogP contribution in [0.5, 0.6) is 0 Å². The molecule has 3 heteroatoms. The molecule has 1 N–H and O–H groups in total. The van der Waals surface area contributed by atoms with Crippen LogP contribution in [0.15, 0.2) is 15.9 Å². The molecule has 0 aromatic carbocycles. The molecule has 74 valence electrons. The second-order valence-corrected chi connectivity index (χ2v) is 5.62. The summed E-state index contributed by atoms with van der Waals surface area (Å²) in [7, 11) is 0. The topological polar surface area (TPSA) is 12.0 Å². The molecule has 0 aliphatic carbocycles. The monoisotopic (exact) mass is 261 g/mol. The summed E-state index contributed by atoms with van der Waals surface area (Å²) in [6, 6.07) is 4.96. The molecule has 0 fully saturated rings. The summed E-state index contributed by atoms with van der Waals surface area (Å²) in [5.41, 5.74) is 0. The maximum absolute atomic E-state index is 3.48. The average Bonchev–Trinajstić information content (AvgIpc) is 2.50. The molecule has 0 saturated carbocycles. The number of halogens is 1. The van der Waals surface area contributed by atoms with Crippen LogP contribution in [0.3, 0.4) is 0 Å². The Morgan fingerprint density at radius 3 is 2.69 bits per heavy atom. The van der Waals surface area contributed by atoms with Crippen molar-refractivity contribution >= 4 is 27.3 Å².